The SMILES string of the molecule is CC(C)(C)C(=O)COC(=O)C(CO)NS(=O)(=O)c1ccc(Br)cc1. The lowest BCUT2D eigenvalue weighted by Gasteiger charge is -2.19. The molecule has 1 atom stereocenters. The van der Waals surface area contributed by atoms with Crippen LogP contribution >= 0.6 is 15.9 Å². The molecule has 0 aliphatic heterocycles. The Kier molecular flexibility index (Phi) is 7.09. The van der Waals surface area contributed by atoms with E-state index in [9.17, 15) is 23.1 Å². The number of ether oxygens (including phenoxy) is 1. The first kappa shape index (κ1) is 20.8. The number of aliphatic hydroxyl groups is 1. The number of aliphatic hydroxyl groups excluding tert-OH is 1. The molecule has 0 aliphatic carbocycles. The molecule has 0 aliphatic rings. The molecule has 1 aromatic rings. The minimum absolute atomic E-state index is 0.0669. The molecule has 2 N–H and O–H groups in total. The third kappa shape index (κ3) is 5.97. The molecule has 1 unspecified atom stereocenters. The number of rotatable bonds is 7. The van der Waals surface area contributed by atoms with E-state index in [-0.39, 0.29) is 10.7 Å². The molecule has 24 heavy (non-hydrogen) atoms. The van der Waals surface area contributed by atoms with Gasteiger partial charge in [-0.2, -0.15) is 4.72 Å². The first-order valence-electron chi connectivity index (χ1n) is 7.06. The van der Waals surface area contributed by atoms with Crippen LogP contribution in [0.5, 0.6) is 0 Å². The number of hydrogen-bond donors (Lipinski definition) is 2. The number of carbonyl (C=O) groups excluding carboxylic acids is 2. The molecule has 0 amide bonds. The smallest absolute Gasteiger partial charge is 0.327 e. The van der Waals surface area contributed by atoms with Crippen LogP contribution in [0.25, 0.3) is 0 Å². The van der Waals surface area contributed by atoms with Crippen molar-refractivity contribution < 1.29 is 27.9 Å². The first-order valence-corrected chi connectivity index (χ1v) is 9.33. The summed E-state index contributed by atoms with van der Waals surface area (Å²) < 4.78 is 32.0. The fraction of sp³-hybridized carbons (Fsp3) is 0.467. The number of hydrogen-bond acceptors (Lipinski definition) is 6. The van der Waals surface area contributed by atoms with Gasteiger partial charge in [-0.1, -0.05) is 36.7 Å². The second-order valence-electron chi connectivity index (χ2n) is 6.09. The van der Waals surface area contributed by atoms with Crippen LogP contribution in [0.3, 0.4) is 0 Å². The van der Waals surface area contributed by atoms with E-state index in [1.54, 1.807) is 20.8 Å². The molecule has 9 heteroatoms. The third-order valence-electron chi connectivity index (χ3n) is 3.07. The molecule has 0 spiro atoms. The Bertz CT molecular complexity index is 694. The highest BCUT2D eigenvalue weighted by Crippen LogP contribution is 2.16. The topological polar surface area (TPSA) is 110 Å². The van der Waals surface area contributed by atoms with E-state index in [0.717, 1.165) is 0 Å². The summed E-state index contributed by atoms with van der Waals surface area (Å²) >= 11 is 3.19. The molecule has 0 heterocycles. The Morgan fingerprint density at radius 1 is 1.25 bits per heavy atom. The standard InChI is InChI=1S/C15H20BrNO6S/c1-15(2,3)13(19)9-23-14(20)12(8-18)17-24(21,22)11-6-4-10(16)5-7-11/h4-7,12,17-18H,8-9H2,1-3H3. The molecule has 0 saturated heterocycles. The number of nitrogens with one attached hydrogen (secondary N) is 1. The van der Waals surface area contributed by atoms with E-state index < -0.39 is 40.7 Å². The zero-order chi connectivity index (χ0) is 18.5. The third-order valence-corrected chi connectivity index (χ3v) is 5.09. The molecule has 1 aromatic carbocycles. The average molecular weight is 422 g/mol. The molecule has 134 valence electrons. The van der Waals surface area contributed by atoms with Gasteiger partial charge in [0.05, 0.1) is 11.5 Å². The summed E-state index contributed by atoms with van der Waals surface area (Å²) in [5.74, 6) is -1.33. The Morgan fingerprint density at radius 2 is 1.79 bits per heavy atom. The van der Waals surface area contributed by atoms with E-state index in [1.165, 1.54) is 24.3 Å². The summed E-state index contributed by atoms with van der Waals surface area (Å²) in [6, 6.07) is 4.25. The Hall–Kier alpha value is -1.29. The fourth-order valence-electron chi connectivity index (χ4n) is 1.48. The maximum atomic E-state index is 12.2. The van der Waals surface area contributed by atoms with Gasteiger partial charge in [0, 0.05) is 9.89 Å². The van der Waals surface area contributed by atoms with Crippen LogP contribution in [0.2, 0.25) is 0 Å². The van der Waals surface area contributed by atoms with Crippen LogP contribution in [0.1, 0.15) is 20.8 Å². The van der Waals surface area contributed by atoms with Crippen molar-refractivity contribution >= 4 is 37.7 Å². The molecule has 0 saturated carbocycles. The molecular formula is C15H20BrNO6S. The maximum Gasteiger partial charge on any atom is 0.327 e. The fourth-order valence-corrected chi connectivity index (χ4v) is 2.92. The van der Waals surface area contributed by atoms with Crippen LogP contribution in [-0.4, -0.2) is 44.5 Å². The number of esters is 1. The number of ketones is 1. The van der Waals surface area contributed by atoms with Crippen LogP contribution in [0.4, 0.5) is 0 Å². The normalized spacial score (nSPS) is 13.4. The van der Waals surface area contributed by atoms with Crippen LogP contribution in [-0.2, 0) is 24.3 Å². The molecule has 7 nitrogen and oxygen atoms in total. The van der Waals surface area contributed by atoms with Gasteiger partial charge in [-0.15, -0.1) is 0 Å². The minimum Gasteiger partial charge on any atom is -0.456 e. The predicted molar refractivity (Wildman–Crippen MR) is 90.8 cm³/mol. The zero-order valence-electron chi connectivity index (χ0n) is 13.6. The van der Waals surface area contributed by atoms with Crippen molar-refractivity contribution in [1.29, 1.82) is 0 Å². The van der Waals surface area contributed by atoms with Gasteiger partial charge >= 0.3 is 5.97 Å². The number of halogens is 1. The predicted octanol–water partition coefficient (Wildman–Crippen LogP) is 1.25. The lowest BCUT2D eigenvalue weighted by atomic mass is 9.91. The van der Waals surface area contributed by atoms with E-state index in [4.69, 9.17) is 4.74 Å². The van der Waals surface area contributed by atoms with Crippen LogP contribution < -0.4 is 4.72 Å². The zero-order valence-corrected chi connectivity index (χ0v) is 16.0. The van der Waals surface area contributed by atoms with Gasteiger partial charge in [-0.25, -0.2) is 8.42 Å². The number of sulfonamides is 1. The van der Waals surface area contributed by atoms with Gasteiger partial charge in [0.15, 0.2) is 12.4 Å². The minimum atomic E-state index is -4.02. The number of Topliss-reactive ketones (excluding diaryl/α,β-unsaturated/α-hetero) is 1. The summed E-state index contributed by atoms with van der Waals surface area (Å²) in [5, 5.41) is 9.26. The molecule has 0 radical (unpaired) electrons. The largest absolute Gasteiger partial charge is 0.456 e. The van der Waals surface area contributed by atoms with Crippen molar-refractivity contribution in [3.8, 4) is 0 Å². The van der Waals surface area contributed by atoms with Crippen molar-refractivity contribution in [2.24, 2.45) is 5.41 Å². The van der Waals surface area contributed by atoms with Crippen LogP contribution in [0, 0.1) is 5.41 Å². The number of carbonyl (C=O) groups is 2. The Morgan fingerprint density at radius 3 is 2.25 bits per heavy atom. The maximum absolute atomic E-state index is 12.2. The average Bonchev–Trinajstić information content (AvgIpc) is 2.49. The Balaban J connectivity index is 2.77. The second kappa shape index (κ2) is 8.19. The van der Waals surface area contributed by atoms with Gasteiger partial charge < -0.3 is 9.84 Å². The quantitative estimate of drug-likeness (QED) is 0.640. The van der Waals surface area contributed by atoms with Gasteiger partial charge in [0.1, 0.15) is 6.04 Å². The lowest BCUT2D eigenvalue weighted by molar-refractivity contribution is -0.152. The molecule has 1 rings (SSSR count). The van der Waals surface area contributed by atoms with E-state index in [1.807, 2.05) is 0 Å². The van der Waals surface area contributed by atoms with E-state index >= 15 is 0 Å². The first-order chi connectivity index (χ1) is 11.0. The van der Waals surface area contributed by atoms with Crippen LogP contribution in [0.15, 0.2) is 33.6 Å². The van der Waals surface area contributed by atoms with Gasteiger partial charge in [0.25, 0.3) is 0 Å². The Labute approximate surface area is 149 Å². The van der Waals surface area contributed by atoms with Crippen molar-refractivity contribution in [3.63, 3.8) is 0 Å². The summed E-state index contributed by atoms with van der Waals surface area (Å²) in [5.41, 5.74) is -0.689. The van der Waals surface area contributed by atoms with Crippen molar-refractivity contribution in [1.82, 2.24) is 4.72 Å². The van der Waals surface area contributed by atoms with Crippen molar-refractivity contribution in [2.45, 2.75) is 31.7 Å². The molecule has 0 fully saturated rings. The highest BCUT2D eigenvalue weighted by molar-refractivity contribution is 9.10. The van der Waals surface area contributed by atoms with Gasteiger partial charge in [0.2, 0.25) is 10.0 Å². The lowest BCUT2D eigenvalue weighted by Crippen LogP contribution is -2.45. The highest BCUT2D eigenvalue weighted by Gasteiger charge is 2.28. The summed E-state index contributed by atoms with van der Waals surface area (Å²) in [6.45, 7) is 3.73. The van der Waals surface area contributed by atoms with E-state index in [0.29, 0.717) is 4.47 Å². The van der Waals surface area contributed by atoms with Gasteiger partial charge in [-0.3, -0.25) is 9.59 Å². The molecule has 0 aromatic heterocycles. The summed E-state index contributed by atoms with van der Waals surface area (Å²) in [7, 11) is -4.02. The van der Waals surface area contributed by atoms with Gasteiger partial charge in [-0.05, 0) is 24.3 Å². The monoisotopic (exact) mass is 421 g/mol. The van der Waals surface area contributed by atoms with E-state index in [2.05, 4.69) is 20.7 Å². The molecular weight excluding hydrogens is 402 g/mol. The molecule has 0 bridgehead atoms. The number of benzene rings is 1. The summed E-state index contributed by atoms with van der Waals surface area (Å²) in [4.78, 5) is 23.6. The van der Waals surface area contributed by atoms with Crippen molar-refractivity contribution in [2.75, 3.05) is 13.2 Å². The van der Waals surface area contributed by atoms with Crippen molar-refractivity contribution in [3.05, 3.63) is 28.7 Å². The highest BCUT2D eigenvalue weighted by atomic mass is 79.9. The second-order valence-corrected chi connectivity index (χ2v) is 8.72. The summed E-state index contributed by atoms with van der Waals surface area (Å²) in [6.07, 6.45) is 0.